The number of nitrogens with one attached hydrogen (secondary N) is 2. The van der Waals surface area contributed by atoms with Gasteiger partial charge in [0.15, 0.2) is 0 Å². The molecule has 0 aromatic heterocycles. The van der Waals surface area contributed by atoms with E-state index in [2.05, 4.69) is 10.0 Å². The van der Waals surface area contributed by atoms with Crippen molar-refractivity contribution in [3.63, 3.8) is 0 Å². The zero-order valence-corrected chi connectivity index (χ0v) is 10.8. The number of hydrogen-bond acceptors (Lipinski definition) is 4. The van der Waals surface area contributed by atoms with Gasteiger partial charge in [-0.15, -0.1) is 0 Å². The van der Waals surface area contributed by atoms with Crippen molar-refractivity contribution >= 4 is 10.0 Å². The molecule has 1 unspecified atom stereocenters. The van der Waals surface area contributed by atoms with E-state index in [-0.39, 0.29) is 5.25 Å². The van der Waals surface area contributed by atoms with Gasteiger partial charge in [0.1, 0.15) is 0 Å². The van der Waals surface area contributed by atoms with Crippen LogP contribution in [0.1, 0.15) is 26.2 Å². The quantitative estimate of drug-likeness (QED) is 0.569. The van der Waals surface area contributed by atoms with Crippen LogP contribution in [-0.4, -0.2) is 46.5 Å². The summed E-state index contributed by atoms with van der Waals surface area (Å²) in [7, 11) is -1.57. The summed E-state index contributed by atoms with van der Waals surface area (Å²) in [4.78, 5) is 0. The van der Waals surface area contributed by atoms with Gasteiger partial charge in [-0.3, -0.25) is 0 Å². The van der Waals surface area contributed by atoms with Gasteiger partial charge in [-0.25, -0.2) is 13.1 Å². The lowest BCUT2D eigenvalue weighted by Gasteiger charge is -2.14. The fraction of sp³-hybridized carbons (Fsp3) is 1.00. The number of hydrogen-bond donors (Lipinski definition) is 2. The molecule has 0 spiro atoms. The molecule has 1 rings (SSSR count). The van der Waals surface area contributed by atoms with Gasteiger partial charge in [-0.2, -0.15) is 0 Å². The third-order valence-electron chi connectivity index (χ3n) is 2.63. The maximum absolute atomic E-state index is 11.7. The van der Waals surface area contributed by atoms with E-state index in [1.807, 2.05) is 0 Å². The molecule has 1 aliphatic rings. The molecular formula is C10H22N2O3S. The molecule has 1 atom stereocenters. The van der Waals surface area contributed by atoms with E-state index in [0.29, 0.717) is 32.2 Å². The molecule has 0 radical (unpaired) electrons. The molecule has 16 heavy (non-hydrogen) atoms. The Morgan fingerprint density at radius 3 is 2.69 bits per heavy atom. The van der Waals surface area contributed by atoms with Crippen LogP contribution >= 0.6 is 0 Å². The van der Waals surface area contributed by atoms with Crippen LogP contribution in [0.25, 0.3) is 0 Å². The topological polar surface area (TPSA) is 67.4 Å². The highest BCUT2D eigenvalue weighted by atomic mass is 32.2. The van der Waals surface area contributed by atoms with Crippen molar-refractivity contribution in [1.29, 1.82) is 0 Å². The van der Waals surface area contributed by atoms with Crippen molar-refractivity contribution in [3.05, 3.63) is 0 Å². The standard InChI is InChI=1S/C10H22N2O3S/c1-9(8-11-10-4-5-10)16(13,14)12-6-3-7-15-2/h9-12H,3-8H2,1-2H3. The molecule has 6 heteroatoms. The van der Waals surface area contributed by atoms with Crippen molar-refractivity contribution in [1.82, 2.24) is 10.0 Å². The van der Waals surface area contributed by atoms with Crippen molar-refractivity contribution in [2.45, 2.75) is 37.5 Å². The summed E-state index contributed by atoms with van der Waals surface area (Å²) < 4.78 is 30.9. The minimum Gasteiger partial charge on any atom is -0.385 e. The first-order valence-electron chi connectivity index (χ1n) is 5.77. The van der Waals surface area contributed by atoms with Crippen molar-refractivity contribution in [2.24, 2.45) is 0 Å². The lowest BCUT2D eigenvalue weighted by Crippen LogP contribution is -2.40. The number of rotatable bonds is 9. The zero-order valence-electron chi connectivity index (χ0n) is 10.0. The second kappa shape index (κ2) is 6.54. The predicted octanol–water partition coefficient (Wildman–Crippen LogP) is 0.0828. The first kappa shape index (κ1) is 13.9. The normalized spacial score (nSPS) is 18.6. The van der Waals surface area contributed by atoms with Crippen LogP contribution in [0, 0.1) is 0 Å². The van der Waals surface area contributed by atoms with Crippen LogP contribution in [0.4, 0.5) is 0 Å². The summed E-state index contributed by atoms with van der Waals surface area (Å²) in [6.07, 6.45) is 3.06. The molecule has 1 fully saturated rings. The van der Waals surface area contributed by atoms with E-state index in [1.54, 1.807) is 14.0 Å². The highest BCUT2D eigenvalue weighted by molar-refractivity contribution is 7.90. The fourth-order valence-electron chi connectivity index (χ4n) is 1.30. The molecule has 0 heterocycles. The molecule has 0 aromatic carbocycles. The molecule has 1 aliphatic carbocycles. The molecule has 0 aromatic rings. The van der Waals surface area contributed by atoms with Crippen molar-refractivity contribution < 1.29 is 13.2 Å². The lowest BCUT2D eigenvalue weighted by molar-refractivity contribution is 0.196. The monoisotopic (exact) mass is 250 g/mol. The van der Waals surface area contributed by atoms with E-state index in [4.69, 9.17) is 4.74 Å². The Labute approximate surface area is 98.0 Å². The van der Waals surface area contributed by atoms with E-state index in [1.165, 1.54) is 12.8 Å². The Balaban J connectivity index is 2.18. The molecule has 5 nitrogen and oxygen atoms in total. The van der Waals surface area contributed by atoms with Crippen LogP contribution in [0.2, 0.25) is 0 Å². The smallest absolute Gasteiger partial charge is 0.215 e. The van der Waals surface area contributed by atoms with Gasteiger partial charge in [0, 0.05) is 32.8 Å². The average molecular weight is 250 g/mol. The van der Waals surface area contributed by atoms with Crippen LogP contribution in [0.3, 0.4) is 0 Å². The highest BCUT2D eigenvalue weighted by Gasteiger charge is 2.25. The second-order valence-electron chi connectivity index (χ2n) is 4.28. The second-order valence-corrected chi connectivity index (χ2v) is 6.46. The minimum absolute atomic E-state index is 0.379. The summed E-state index contributed by atoms with van der Waals surface area (Å²) in [6, 6.07) is 0.547. The zero-order chi connectivity index (χ0) is 12.0. The van der Waals surface area contributed by atoms with Gasteiger partial charge >= 0.3 is 0 Å². The molecule has 0 saturated heterocycles. The summed E-state index contributed by atoms with van der Waals surface area (Å²) in [6.45, 7) is 3.29. The number of ether oxygens (including phenoxy) is 1. The number of sulfonamides is 1. The van der Waals surface area contributed by atoms with E-state index in [0.717, 1.165) is 0 Å². The Hall–Kier alpha value is -0.170. The third kappa shape index (κ3) is 5.25. The van der Waals surface area contributed by atoms with Crippen LogP contribution in [0.5, 0.6) is 0 Å². The summed E-state index contributed by atoms with van der Waals surface area (Å²) >= 11 is 0. The lowest BCUT2D eigenvalue weighted by atomic mass is 10.4. The van der Waals surface area contributed by atoms with Crippen LogP contribution in [0.15, 0.2) is 0 Å². The molecule has 2 N–H and O–H groups in total. The molecule has 0 bridgehead atoms. The van der Waals surface area contributed by atoms with Crippen molar-refractivity contribution in [3.8, 4) is 0 Å². The van der Waals surface area contributed by atoms with Gasteiger partial charge in [-0.1, -0.05) is 0 Å². The minimum atomic E-state index is -3.18. The Kier molecular flexibility index (Phi) is 5.68. The van der Waals surface area contributed by atoms with Crippen molar-refractivity contribution in [2.75, 3.05) is 26.8 Å². The Morgan fingerprint density at radius 1 is 1.44 bits per heavy atom. The number of methoxy groups -OCH3 is 1. The SMILES string of the molecule is COCCCNS(=O)(=O)C(C)CNC1CC1. The highest BCUT2D eigenvalue weighted by Crippen LogP contribution is 2.18. The molecular weight excluding hydrogens is 228 g/mol. The third-order valence-corrected chi connectivity index (χ3v) is 4.46. The summed E-state index contributed by atoms with van der Waals surface area (Å²) in [5.41, 5.74) is 0. The van der Waals surface area contributed by atoms with Gasteiger partial charge in [0.05, 0.1) is 5.25 Å². The maximum atomic E-state index is 11.7. The van der Waals surface area contributed by atoms with Gasteiger partial charge in [0.25, 0.3) is 0 Å². The van der Waals surface area contributed by atoms with E-state index < -0.39 is 10.0 Å². The summed E-state index contributed by atoms with van der Waals surface area (Å²) in [5, 5.41) is 2.84. The van der Waals surface area contributed by atoms with Gasteiger partial charge in [-0.05, 0) is 26.2 Å². The van der Waals surface area contributed by atoms with Gasteiger partial charge in [0.2, 0.25) is 10.0 Å². The fourth-order valence-corrected chi connectivity index (χ4v) is 2.33. The molecule has 96 valence electrons. The molecule has 0 aliphatic heterocycles. The summed E-state index contributed by atoms with van der Waals surface area (Å²) in [5.74, 6) is 0. The van der Waals surface area contributed by atoms with E-state index in [9.17, 15) is 8.42 Å². The van der Waals surface area contributed by atoms with Gasteiger partial charge < -0.3 is 10.1 Å². The maximum Gasteiger partial charge on any atom is 0.215 e. The average Bonchev–Trinajstić information content (AvgIpc) is 3.04. The first-order chi connectivity index (χ1) is 7.56. The first-order valence-corrected chi connectivity index (χ1v) is 7.31. The predicted molar refractivity (Wildman–Crippen MR) is 63.9 cm³/mol. The van der Waals surface area contributed by atoms with E-state index >= 15 is 0 Å². The van der Waals surface area contributed by atoms with Crippen LogP contribution in [-0.2, 0) is 14.8 Å². The Morgan fingerprint density at radius 2 is 2.12 bits per heavy atom. The Bertz CT molecular complexity index is 288. The molecule has 1 saturated carbocycles. The largest absolute Gasteiger partial charge is 0.385 e. The molecule has 0 amide bonds. The van der Waals surface area contributed by atoms with Crippen LogP contribution < -0.4 is 10.0 Å².